The largest absolute Gasteiger partial charge is 0.322 e. The van der Waals surface area contributed by atoms with E-state index in [0.29, 0.717) is 22.1 Å². The molecule has 2 aromatic rings. The number of carbonyl (C=O) groups excluding carboxylic acids is 2. The first-order valence-corrected chi connectivity index (χ1v) is 8.85. The number of Topliss-reactive ketones (excluding diaryl/α,β-unsaturated/α-hetero) is 1. The van der Waals surface area contributed by atoms with Crippen molar-refractivity contribution in [3.05, 3.63) is 65.2 Å². The molecule has 0 aliphatic heterocycles. The lowest BCUT2D eigenvalue weighted by atomic mass is 10.1. The van der Waals surface area contributed by atoms with Gasteiger partial charge in [0.2, 0.25) is 0 Å². The molecule has 0 atom stereocenters. The molecular formula is C19H20BrNO2. The van der Waals surface area contributed by atoms with Crippen LogP contribution >= 0.6 is 15.9 Å². The maximum absolute atomic E-state index is 12.2. The van der Waals surface area contributed by atoms with Gasteiger partial charge in [0, 0.05) is 16.8 Å². The van der Waals surface area contributed by atoms with Crippen molar-refractivity contribution in [3.8, 4) is 0 Å². The van der Waals surface area contributed by atoms with Crippen molar-refractivity contribution in [2.24, 2.45) is 0 Å². The van der Waals surface area contributed by atoms with Gasteiger partial charge in [0.05, 0.1) is 5.33 Å². The number of halogens is 1. The summed E-state index contributed by atoms with van der Waals surface area (Å²) in [5.74, 6) is -0.128. The number of unbranched alkanes of at least 4 members (excludes halogenated alkanes) is 1. The highest BCUT2D eigenvalue weighted by molar-refractivity contribution is 9.09. The molecule has 0 aliphatic carbocycles. The Labute approximate surface area is 145 Å². The number of aryl methyl sites for hydroxylation is 1. The number of anilines is 1. The van der Waals surface area contributed by atoms with Crippen molar-refractivity contribution in [1.29, 1.82) is 0 Å². The van der Waals surface area contributed by atoms with Gasteiger partial charge in [-0.2, -0.15) is 0 Å². The fraction of sp³-hybridized carbons (Fsp3) is 0.263. The summed E-state index contributed by atoms with van der Waals surface area (Å²) in [5, 5.41) is 3.14. The summed E-state index contributed by atoms with van der Waals surface area (Å²) in [7, 11) is 0. The first-order valence-electron chi connectivity index (χ1n) is 7.73. The Bertz CT molecular complexity index is 663. The SMILES string of the molecule is CCCCc1ccc(C(=O)Nc2ccc(C(=O)CBr)cc2)cc1. The Morgan fingerprint density at radius 3 is 2.13 bits per heavy atom. The minimum absolute atomic E-state index is 0.0190. The zero-order valence-electron chi connectivity index (χ0n) is 13.1. The van der Waals surface area contributed by atoms with E-state index < -0.39 is 0 Å². The minimum Gasteiger partial charge on any atom is -0.322 e. The van der Waals surface area contributed by atoms with E-state index >= 15 is 0 Å². The minimum atomic E-state index is -0.147. The van der Waals surface area contributed by atoms with Gasteiger partial charge in [0.1, 0.15) is 0 Å². The first-order chi connectivity index (χ1) is 11.1. The van der Waals surface area contributed by atoms with Crippen LogP contribution in [0, 0.1) is 0 Å². The molecule has 0 heterocycles. The van der Waals surface area contributed by atoms with Crippen LogP contribution in [0.4, 0.5) is 5.69 Å². The molecule has 3 nitrogen and oxygen atoms in total. The highest BCUT2D eigenvalue weighted by Crippen LogP contribution is 2.14. The summed E-state index contributed by atoms with van der Waals surface area (Å²) in [4.78, 5) is 23.8. The zero-order valence-corrected chi connectivity index (χ0v) is 14.7. The van der Waals surface area contributed by atoms with E-state index in [1.807, 2.05) is 24.3 Å². The number of amides is 1. The Kier molecular flexibility index (Phi) is 6.53. The van der Waals surface area contributed by atoms with Gasteiger partial charge in [-0.25, -0.2) is 0 Å². The van der Waals surface area contributed by atoms with Crippen LogP contribution in [0.3, 0.4) is 0 Å². The summed E-state index contributed by atoms with van der Waals surface area (Å²) >= 11 is 3.14. The lowest BCUT2D eigenvalue weighted by Gasteiger charge is -2.07. The molecule has 0 fully saturated rings. The monoisotopic (exact) mass is 373 g/mol. The fourth-order valence-electron chi connectivity index (χ4n) is 2.22. The van der Waals surface area contributed by atoms with Crippen LogP contribution in [0.15, 0.2) is 48.5 Å². The lowest BCUT2D eigenvalue weighted by Crippen LogP contribution is -2.12. The van der Waals surface area contributed by atoms with Gasteiger partial charge in [0.25, 0.3) is 5.91 Å². The predicted molar refractivity (Wildman–Crippen MR) is 97.6 cm³/mol. The Morgan fingerprint density at radius 1 is 0.957 bits per heavy atom. The quantitative estimate of drug-likeness (QED) is 0.556. The molecule has 23 heavy (non-hydrogen) atoms. The average molecular weight is 374 g/mol. The molecule has 0 bridgehead atoms. The number of hydrogen-bond donors (Lipinski definition) is 1. The first kappa shape index (κ1) is 17.4. The van der Waals surface area contributed by atoms with Gasteiger partial charge in [-0.05, 0) is 54.8 Å². The van der Waals surface area contributed by atoms with Crippen LogP contribution in [0.25, 0.3) is 0 Å². The average Bonchev–Trinajstić information content (AvgIpc) is 2.60. The summed E-state index contributed by atoms with van der Waals surface area (Å²) in [5.41, 5.74) is 3.18. The van der Waals surface area contributed by atoms with Gasteiger partial charge >= 0.3 is 0 Å². The van der Waals surface area contributed by atoms with Crippen molar-refractivity contribution < 1.29 is 9.59 Å². The molecular weight excluding hydrogens is 354 g/mol. The van der Waals surface area contributed by atoms with Crippen molar-refractivity contribution >= 4 is 33.3 Å². The van der Waals surface area contributed by atoms with Gasteiger partial charge in [-0.3, -0.25) is 9.59 Å². The third-order valence-corrected chi connectivity index (χ3v) is 4.13. The normalized spacial score (nSPS) is 10.3. The number of benzene rings is 2. The lowest BCUT2D eigenvalue weighted by molar-refractivity contribution is 0.101. The maximum Gasteiger partial charge on any atom is 0.255 e. The molecule has 0 unspecified atom stereocenters. The van der Waals surface area contributed by atoms with Gasteiger partial charge in [-0.1, -0.05) is 41.4 Å². The molecule has 0 aliphatic rings. The smallest absolute Gasteiger partial charge is 0.255 e. The maximum atomic E-state index is 12.2. The number of ketones is 1. The Morgan fingerprint density at radius 2 is 1.57 bits per heavy atom. The van der Waals surface area contributed by atoms with Crippen molar-refractivity contribution in [2.75, 3.05) is 10.6 Å². The highest BCUT2D eigenvalue weighted by atomic mass is 79.9. The topological polar surface area (TPSA) is 46.2 Å². The van der Waals surface area contributed by atoms with E-state index in [1.54, 1.807) is 24.3 Å². The fourth-order valence-corrected chi connectivity index (χ4v) is 2.55. The number of carbonyl (C=O) groups is 2. The molecule has 0 spiro atoms. The molecule has 1 amide bonds. The predicted octanol–water partition coefficient (Wildman–Crippen LogP) is 4.86. The number of hydrogen-bond acceptors (Lipinski definition) is 2. The van der Waals surface area contributed by atoms with Crippen LogP contribution < -0.4 is 5.32 Å². The molecule has 0 saturated heterocycles. The van der Waals surface area contributed by atoms with E-state index in [2.05, 4.69) is 28.2 Å². The van der Waals surface area contributed by atoms with E-state index in [4.69, 9.17) is 0 Å². The Hall–Kier alpha value is -1.94. The van der Waals surface area contributed by atoms with Crippen LogP contribution in [0.1, 0.15) is 46.0 Å². The second-order valence-corrected chi connectivity index (χ2v) is 5.95. The van der Waals surface area contributed by atoms with Crippen LogP contribution in [-0.4, -0.2) is 17.0 Å². The molecule has 4 heteroatoms. The summed E-state index contributed by atoms with van der Waals surface area (Å²) < 4.78 is 0. The molecule has 1 N–H and O–H groups in total. The van der Waals surface area contributed by atoms with E-state index in [0.717, 1.165) is 19.3 Å². The zero-order chi connectivity index (χ0) is 16.7. The summed E-state index contributed by atoms with van der Waals surface area (Å²) in [6, 6.07) is 14.6. The van der Waals surface area contributed by atoms with Gasteiger partial charge < -0.3 is 5.32 Å². The number of nitrogens with one attached hydrogen (secondary N) is 1. The molecule has 120 valence electrons. The Balaban J connectivity index is 1.99. The third-order valence-electron chi connectivity index (χ3n) is 3.62. The number of rotatable bonds is 7. The van der Waals surface area contributed by atoms with E-state index in [1.165, 1.54) is 5.56 Å². The molecule has 2 rings (SSSR count). The van der Waals surface area contributed by atoms with Crippen LogP contribution in [0.5, 0.6) is 0 Å². The summed E-state index contributed by atoms with van der Waals surface area (Å²) in [6.07, 6.45) is 3.36. The van der Waals surface area contributed by atoms with Crippen molar-refractivity contribution in [2.45, 2.75) is 26.2 Å². The highest BCUT2D eigenvalue weighted by Gasteiger charge is 2.07. The van der Waals surface area contributed by atoms with E-state index in [9.17, 15) is 9.59 Å². The molecule has 0 aromatic heterocycles. The van der Waals surface area contributed by atoms with Crippen LogP contribution in [-0.2, 0) is 6.42 Å². The molecule has 0 radical (unpaired) electrons. The van der Waals surface area contributed by atoms with E-state index in [-0.39, 0.29) is 11.7 Å². The second-order valence-electron chi connectivity index (χ2n) is 5.39. The molecule has 2 aromatic carbocycles. The second kappa shape index (κ2) is 8.63. The van der Waals surface area contributed by atoms with Crippen LogP contribution in [0.2, 0.25) is 0 Å². The van der Waals surface area contributed by atoms with Gasteiger partial charge in [-0.15, -0.1) is 0 Å². The molecule has 0 saturated carbocycles. The van der Waals surface area contributed by atoms with Crippen molar-refractivity contribution in [1.82, 2.24) is 0 Å². The van der Waals surface area contributed by atoms with Gasteiger partial charge in [0.15, 0.2) is 5.78 Å². The number of alkyl halides is 1. The summed E-state index contributed by atoms with van der Waals surface area (Å²) in [6.45, 7) is 2.17. The van der Waals surface area contributed by atoms with Crippen molar-refractivity contribution in [3.63, 3.8) is 0 Å². The standard InChI is InChI=1S/C19H20BrNO2/c1-2-3-4-14-5-7-16(8-6-14)19(23)21-17-11-9-15(10-12-17)18(22)13-20/h5-12H,2-4,13H2,1H3,(H,21,23). The third kappa shape index (κ3) is 5.03.